The van der Waals surface area contributed by atoms with Crippen LogP contribution in [-0.2, 0) is 4.79 Å². The van der Waals surface area contributed by atoms with Crippen molar-refractivity contribution in [2.45, 2.75) is 39.3 Å². The minimum atomic E-state index is -0.954. The van der Waals surface area contributed by atoms with Gasteiger partial charge in [0.05, 0.1) is 34.1 Å². The van der Waals surface area contributed by atoms with Gasteiger partial charge in [-0.05, 0) is 38.3 Å². The second kappa shape index (κ2) is 7.25. The maximum atomic E-state index is 12.8. The Hall–Kier alpha value is -2.74. The fourth-order valence-electron chi connectivity index (χ4n) is 2.75. The van der Waals surface area contributed by atoms with Gasteiger partial charge in [0, 0.05) is 12.1 Å². The maximum Gasteiger partial charge on any atom is 0.305 e. The summed E-state index contributed by atoms with van der Waals surface area (Å²) in [6.45, 7) is 5.67. The number of hydrogen-bond acceptors (Lipinski definition) is 5. The van der Waals surface area contributed by atoms with E-state index in [0.717, 1.165) is 4.88 Å². The van der Waals surface area contributed by atoms with Crippen LogP contribution in [0.4, 0.5) is 0 Å². The Bertz CT molecular complexity index is 947. The number of carbonyl (C=O) groups is 2. The molecular formula is C18H20N4O3S. The van der Waals surface area contributed by atoms with Crippen molar-refractivity contribution in [1.29, 1.82) is 0 Å². The van der Waals surface area contributed by atoms with E-state index in [1.165, 1.54) is 0 Å². The van der Waals surface area contributed by atoms with Crippen molar-refractivity contribution in [3.8, 4) is 10.6 Å². The molecule has 7 nitrogen and oxygen atoms in total. The van der Waals surface area contributed by atoms with E-state index >= 15 is 0 Å². The zero-order valence-electron chi connectivity index (χ0n) is 14.8. The quantitative estimate of drug-likeness (QED) is 0.692. The molecule has 0 saturated carbocycles. The first-order chi connectivity index (χ1) is 12.4. The zero-order chi connectivity index (χ0) is 18.8. The number of carbonyl (C=O) groups excluding carboxylic acids is 1. The van der Waals surface area contributed by atoms with Gasteiger partial charge >= 0.3 is 5.97 Å². The van der Waals surface area contributed by atoms with Gasteiger partial charge < -0.3 is 10.4 Å². The third-order valence-electron chi connectivity index (χ3n) is 3.93. The molecule has 0 aliphatic carbocycles. The van der Waals surface area contributed by atoms with Gasteiger partial charge in [0.15, 0.2) is 5.65 Å². The first kappa shape index (κ1) is 18.1. The summed E-state index contributed by atoms with van der Waals surface area (Å²) in [6, 6.07) is 5.24. The van der Waals surface area contributed by atoms with E-state index in [1.807, 2.05) is 31.4 Å². The average Bonchev–Trinajstić information content (AvgIpc) is 3.22. The number of amides is 1. The summed E-state index contributed by atoms with van der Waals surface area (Å²) in [4.78, 5) is 29.3. The van der Waals surface area contributed by atoms with Crippen LogP contribution in [0, 0.1) is 0 Å². The van der Waals surface area contributed by atoms with Crippen molar-refractivity contribution >= 4 is 34.2 Å². The number of nitrogens with zero attached hydrogens (tertiary/aromatic N) is 3. The standard InChI is InChI=1S/C18H20N4O3S/c1-10(2)22-17-13(9-19-22)12(18(25)20-11(3)7-16(23)24)8-14(21-17)15-5-4-6-26-15/h4-6,8-11H,7H2,1-3H3,(H,20,25)(H,23,24). The van der Waals surface area contributed by atoms with Gasteiger partial charge in [-0.25, -0.2) is 9.67 Å². The lowest BCUT2D eigenvalue weighted by Crippen LogP contribution is -2.34. The second-order valence-electron chi connectivity index (χ2n) is 6.42. The molecule has 2 N–H and O–H groups in total. The van der Waals surface area contributed by atoms with Gasteiger partial charge in [-0.3, -0.25) is 9.59 Å². The van der Waals surface area contributed by atoms with Crippen molar-refractivity contribution in [3.63, 3.8) is 0 Å². The maximum absolute atomic E-state index is 12.8. The molecule has 0 bridgehead atoms. The van der Waals surface area contributed by atoms with E-state index in [0.29, 0.717) is 22.3 Å². The molecule has 0 aliphatic rings. The second-order valence-corrected chi connectivity index (χ2v) is 7.37. The van der Waals surface area contributed by atoms with Gasteiger partial charge in [-0.1, -0.05) is 6.07 Å². The van der Waals surface area contributed by atoms with Crippen molar-refractivity contribution in [3.05, 3.63) is 35.3 Å². The Labute approximate surface area is 154 Å². The number of aromatic nitrogens is 3. The molecule has 3 aromatic heterocycles. The predicted octanol–water partition coefficient (Wildman–Crippen LogP) is 3.33. The molecule has 0 aliphatic heterocycles. The fraction of sp³-hybridized carbons (Fsp3) is 0.333. The molecule has 3 aromatic rings. The van der Waals surface area contributed by atoms with Crippen LogP contribution < -0.4 is 5.32 Å². The van der Waals surface area contributed by atoms with Crippen LogP contribution in [0.3, 0.4) is 0 Å². The van der Waals surface area contributed by atoms with Gasteiger partial charge in [0.1, 0.15) is 0 Å². The minimum absolute atomic E-state index is 0.0976. The Kier molecular flexibility index (Phi) is 5.03. The van der Waals surface area contributed by atoms with Crippen molar-refractivity contribution in [2.75, 3.05) is 0 Å². The number of carboxylic acid groups (broad SMARTS) is 1. The van der Waals surface area contributed by atoms with E-state index in [9.17, 15) is 9.59 Å². The molecular weight excluding hydrogens is 352 g/mol. The molecule has 3 heterocycles. The molecule has 0 aromatic carbocycles. The molecule has 136 valence electrons. The Morgan fingerprint density at radius 3 is 2.73 bits per heavy atom. The van der Waals surface area contributed by atoms with E-state index in [-0.39, 0.29) is 18.4 Å². The summed E-state index contributed by atoms with van der Waals surface area (Å²) >= 11 is 1.54. The highest BCUT2D eigenvalue weighted by molar-refractivity contribution is 7.13. The van der Waals surface area contributed by atoms with Crippen LogP contribution in [0.15, 0.2) is 29.8 Å². The largest absolute Gasteiger partial charge is 0.481 e. The minimum Gasteiger partial charge on any atom is -0.481 e. The highest BCUT2D eigenvalue weighted by atomic mass is 32.1. The van der Waals surface area contributed by atoms with Crippen LogP contribution in [0.5, 0.6) is 0 Å². The van der Waals surface area contributed by atoms with Crippen LogP contribution >= 0.6 is 11.3 Å². The van der Waals surface area contributed by atoms with Gasteiger partial charge in [0.2, 0.25) is 0 Å². The van der Waals surface area contributed by atoms with Gasteiger partial charge in [-0.2, -0.15) is 5.10 Å². The van der Waals surface area contributed by atoms with Crippen molar-refractivity contribution < 1.29 is 14.7 Å². The molecule has 8 heteroatoms. The van der Waals surface area contributed by atoms with E-state index in [1.54, 1.807) is 35.2 Å². The van der Waals surface area contributed by atoms with Crippen molar-refractivity contribution in [1.82, 2.24) is 20.1 Å². The molecule has 0 radical (unpaired) electrons. The summed E-state index contributed by atoms with van der Waals surface area (Å²) in [5, 5.41) is 18.6. The number of thiophene rings is 1. The lowest BCUT2D eigenvalue weighted by atomic mass is 10.1. The predicted molar refractivity (Wildman–Crippen MR) is 100 cm³/mol. The highest BCUT2D eigenvalue weighted by Gasteiger charge is 2.20. The summed E-state index contributed by atoms with van der Waals surface area (Å²) in [5.74, 6) is -1.28. The zero-order valence-corrected chi connectivity index (χ0v) is 15.6. The number of pyridine rings is 1. The summed E-state index contributed by atoms with van der Waals surface area (Å²) < 4.78 is 1.78. The first-order valence-corrected chi connectivity index (χ1v) is 9.19. The number of carboxylic acids is 1. The van der Waals surface area contributed by atoms with E-state index in [4.69, 9.17) is 10.1 Å². The van der Waals surface area contributed by atoms with Gasteiger partial charge in [-0.15, -0.1) is 11.3 Å². The van der Waals surface area contributed by atoms with Crippen LogP contribution in [0.2, 0.25) is 0 Å². The Morgan fingerprint density at radius 2 is 2.12 bits per heavy atom. The fourth-order valence-corrected chi connectivity index (χ4v) is 3.44. The summed E-state index contributed by atoms with van der Waals surface area (Å²) in [7, 11) is 0. The number of rotatable bonds is 6. The number of fused-ring (bicyclic) bond motifs is 1. The smallest absolute Gasteiger partial charge is 0.305 e. The third-order valence-corrected chi connectivity index (χ3v) is 4.82. The number of hydrogen-bond donors (Lipinski definition) is 2. The van der Waals surface area contributed by atoms with Crippen LogP contribution in [0.25, 0.3) is 21.6 Å². The lowest BCUT2D eigenvalue weighted by Gasteiger charge is -2.13. The third kappa shape index (κ3) is 3.60. The number of nitrogens with one attached hydrogen (secondary N) is 1. The molecule has 1 atom stereocenters. The number of aliphatic carboxylic acids is 1. The van der Waals surface area contributed by atoms with E-state index < -0.39 is 12.0 Å². The summed E-state index contributed by atoms with van der Waals surface area (Å²) in [5.41, 5.74) is 1.79. The normalized spacial score (nSPS) is 12.5. The molecule has 1 unspecified atom stereocenters. The molecule has 0 spiro atoms. The molecule has 3 rings (SSSR count). The van der Waals surface area contributed by atoms with Crippen LogP contribution in [-0.4, -0.2) is 37.8 Å². The molecule has 0 saturated heterocycles. The Balaban J connectivity index is 2.08. The summed E-state index contributed by atoms with van der Waals surface area (Å²) in [6.07, 6.45) is 1.50. The molecule has 1 amide bonds. The van der Waals surface area contributed by atoms with Crippen molar-refractivity contribution in [2.24, 2.45) is 0 Å². The monoisotopic (exact) mass is 372 g/mol. The van der Waals surface area contributed by atoms with Gasteiger partial charge in [0.25, 0.3) is 5.91 Å². The molecule has 26 heavy (non-hydrogen) atoms. The van der Waals surface area contributed by atoms with Crippen LogP contribution in [0.1, 0.15) is 43.6 Å². The SMILES string of the molecule is CC(CC(=O)O)NC(=O)c1cc(-c2cccs2)nc2c1cnn2C(C)C. The Morgan fingerprint density at radius 1 is 1.35 bits per heavy atom. The topological polar surface area (TPSA) is 97.1 Å². The molecule has 0 fully saturated rings. The first-order valence-electron chi connectivity index (χ1n) is 8.31. The lowest BCUT2D eigenvalue weighted by molar-refractivity contribution is -0.137. The average molecular weight is 372 g/mol. The highest BCUT2D eigenvalue weighted by Crippen LogP contribution is 2.28. The van der Waals surface area contributed by atoms with E-state index in [2.05, 4.69) is 10.4 Å².